The van der Waals surface area contributed by atoms with Crippen molar-refractivity contribution in [2.75, 3.05) is 10.5 Å². The Morgan fingerprint density at radius 1 is 1.24 bits per heavy atom. The molecule has 0 atom stereocenters. The van der Waals surface area contributed by atoms with E-state index >= 15 is 0 Å². The fourth-order valence-electron chi connectivity index (χ4n) is 1.98. The van der Waals surface area contributed by atoms with E-state index in [2.05, 4.69) is 4.72 Å². The highest BCUT2D eigenvalue weighted by atomic mass is 32.2. The van der Waals surface area contributed by atoms with Gasteiger partial charge in [0, 0.05) is 25.0 Å². The van der Waals surface area contributed by atoms with Crippen LogP contribution in [0.4, 0.5) is 11.4 Å². The van der Waals surface area contributed by atoms with Gasteiger partial charge in [-0.1, -0.05) is 13.0 Å². The van der Waals surface area contributed by atoms with Crippen LogP contribution in [-0.2, 0) is 23.5 Å². The Morgan fingerprint density at radius 2 is 1.95 bits per heavy atom. The number of anilines is 2. The van der Waals surface area contributed by atoms with Crippen LogP contribution in [0.5, 0.6) is 0 Å². The van der Waals surface area contributed by atoms with Crippen LogP contribution in [0.15, 0.2) is 46.2 Å². The topological polar surface area (TPSA) is 94.2 Å². The van der Waals surface area contributed by atoms with Crippen molar-refractivity contribution in [2.45, 2.75) is 18.2 Å². The molecule has 0 spiro atoms. The molecule has 0 aliphatic carbocycles. The molecule has 2 rings (SSSR count). The zero-order valence-electron chi connectivity index (χ0n) is 11.8. The Kier molecular flexibility index (Phi) is 4.04. The fourth-order valence-corrected chi connectivity index (χ4v) is 3.37. The number of benzene rings is 1. The van der Waals surface area contributed by atoms with Crippen molar-refractivity contribution >= 4 is 21.4 Å². The summed E-state index contributed by atoms with van der Waals surface area (Å²) in [7, 11) is -2.20. The summed E-state index contributed by atoms with van der Waals surface area (Å²) < 4.78 is 28.7. The summed E-state index contributed by atoms with van der Waals surface area (Å²) >= 11 is 0. The SMILES string of the molecule is CCc1ccc(N)cc1S(=O)(=O)Nc1ccc(=O)n(C)c1. The quantitative estimate of drug-likeness (QED) is 0.833. The second-order valence-corrected chi connectivity index (χ2v) is 6.34. The number of hydrogen-bond acceptors (Lipinski definition) is 4. The van der Waals surface area contributed by atoms with Gasteiger partial charge in [0.2, 0.25) is 5.56 Å². The van der Waals surface area contributed by atoms with Gasteiger partial charge in [0.15, 0.2) is 0 Å². The maximum atomic E-state index is 12.5. The van der Waals surface area contributed by atoms with Gasteiger partial charge >= 0.3 is 0 Å². The standard InChI is InChI=1S/C14H17N3O3S/c1-3-10-4-5-11(15)8-13(10)21(19,20)16-12-6-7-14(18)17(2)9-12/h4-9,16H,3,15H2,1-2H3. The lowest BCUT2D eigenvalue weighted by Gasteiger charge is -2.12. The number of aryl methyl sites for hydroxylation is 2. The molecule has 3 N–H and O–H groups in total. The van der Waals surface area contributed by atoms with Crippen LogP contribution in [-0.4, -0.2) is 13.0 Å². The first-order chi connectivity index (χ1) is 9.83. The van der Waals surface area contributed by atoms with Gasteiger partial charge in [0.1, 0.15) is 0 Å². The normalized spacial score (nSPS) is 11.3. The molecule has 0 saturated carbocycles. The third-order valence-electron chi connectivity index (χ3n) is 3.10. The van der Waals surface area contributed by atoms with Gasteiger partial charge in [-0.15, -0.1) is 0 Å². The van der Waals surface area contributed by atoms with Crippen molar-refractivity contribution < 1.29 is 8.42 Å². The number of aromatic nitrogens is 1. The van der Waals surface area contributed by atoms with Crippen molar-refractivity contribution in [1.29, 1.82) is 0 Å². The molecule has 0 radical (unpaired) electrons. The predicted molar refractivity (Wildman–Crippen MR) is 82.7 cm³/mol. The minimum Gasteiger partial charge on any atom is -0.399 e. The molecule has 0 fully saturated rings. The van der Waals surface area contributed by atoms with Crippen LogP contribution in [0.1, 0.15) is 12.5 Å². The van der Waals surface area contributed by atoms with E-state index < -0.39 is 10.0 Å². The number of pyridine rings is 1. The van der Waals surface area contributed by atoms with Crippen LogP contribution < -0.4 is 16.0 Å². The molecular formula is C14H17N3O3S. The number of rotatable bonds is 4. The Hall–Kier alpha value is -2.28. The van der Waals surface area contributed by atoms with Crippen molar-refractivity contribution in [1.82, 2.24) is 4.57 Å². The molecular weight excluding hydrogens is 290 g/mol. The van der Waals surface area contributed by atoms with Crippen molar-refractivity contribution in [3.63, 3.8) is 0 Å². The molecule has 0 saturated heterocycles. The number of nitrogens with two attached hydrogens (primary N) is 1. The summed E-state index contributed by atoms with van der Waals surface area (Å²) in [6.45, 7) is 1.87. The summed E-state index contributed by atoms with van der Waals surface area (Å²) in [6, 6.07) is 7.54. The minimum atomic E-state index is -3.75. The maximum Gasteiger partial charge on any atom is 0.262 e. The first kappa shape index (κ1) is 15.1. The zero-order valence-corrected chi connectivity index (χ0v) is 12.6. The summed E-state index contributed by atoms with van der Waals surface area (Å²) in [5, 5.41) is 0. The summed E-state index contributed by atoms with van der Waals surface area (Å²) in [4.78, 5) is 11.5. The second kappa shape index (κ2) is 5.61. The zero-order chi connectivity index (χ0) is 15.6. The van der Waals surface area contributed by atoms with Crippen LogP contribution >= 0.6 is 0 Å². The number of nitrogen functional groups attached to an aromatic ring is 1. The smallest absolute Gasteiger partial charge is 0.262 e. The van der Waals surface area contributed by atoms with Gasteiger partial charge in [-0.05, 0) is 30.2 Å². The molecule has 0 bridgehead atoms. The van der Waals surface area contributed by atoms with Crippen molar-refractivity contribution in [2.24, 2.45) is 7.05 Å². The van der Waals surface area contributed by atoms with Gasteiger partial charge < -0.3 is 10.3 Å². The summed E-state index contributed by atoms with van der Waals surface area (Å²) in [5.74, 6) is 0. The number of nitrogens with zero attached hydrogens (tertiary/aromatic N) is 1. The molecule has 21 heavy (non-hydrogen) atoms. The van der Waals surface area contributed by atoms with E-state index in [1.165, 1.54) is 29.0 Å². The van der Waals surface area contributed by atoms with Crippen LogP contribution in [0.3, 0.4) is 0 Å². The monoisotopic (exact) mass is 307 g/mol. The van der Waals surface area contributed by atoms with Gasteiger partial charge in [-0.3, -0.25) is 9.52 Å². The molecule has 2 aromatic rings. The largest absolute Gasteiger partial charge is 0.399 e. The van der Waals surface area contributed by atoms with Gasteiger partial charge in [-0.25, -0.2) is 8.42 Å². The second-order valence-electron chi connectivity index (χ2n) is 4.69. The molecule has 0 amide bonds. The average Bonchev–Trinajstić information content (AvgIpc) is 2.42. The third-order valence-corrected chi connectivity index (χ3v) is 4.56. The Balaban J connectivity index is 2.45. The van der Waals surface area contributed by atoms with Crippen LogP contribution in [0.25, 0.3) is 0 Å². The number of hydrogen-bond donors (Lipinski definition) is 2. The molecule has 1 aromatic carbocycles. The number of nitrogens with one attached hydrogen (secondary N) is 1. The maximum absolute atomic E-state index is 12.5. The lowest BCUT2D eigenvalue weighted by atomic mass is 10.1. The van der Waals surface area contributed by atoms with E-state index in [0.29, 0.717) is 23.4 Å². The molecule has 6 nitrogen and oxygen atoms in total. The lowest BCUT2D eigenvalue weighted by Crippen LogP contribution is -2.19. The molecule has 0 unspecified atom stereocenters. The first-order valence-corrected chi connectivity index (χ1v) is 7.89. The third kappa shape index (κ3) is 3.25. The molecule has 112 valence electrons. The van der Waals surface area contributed by atoms with Crippen LogP contribution in [0, 0.1) is 0 Å². The highest BCUT2D eigenvalue weighted by molar-refractivity contribution is 7.92. The molecule has 0 aliphatic heterocycles. The van der Waals surface area contributed by atoms with E-state index in [1.807, 2.05) is 6.92 Å². The Morgan fingerprint density at radius 3 is 2.57 bits per heavy atom. The summed E-state index contributed by atoms with van der Waals surface area (Å²) in [6.07, 6.45) is 2.00. The predicted octanol–water partition coefficient (Wildman–Crippen LogP) is 1.33. The Labute approximate surface area is 123 Å². The average molecular weight is 307 g/mol. The van der Waals surface area contributed by atoms with Crippen molar-refractivity contribution in [3.8, 4) is 0 Å². The van der Waals surface area contributed by atoms with E-state index in [1.54, 1.807) is 19.2 Å². The molecule has 1 heterocycles. The molecule has 0 aliphatic rings. The van der Waals surface area contributed by atoms with Gasteiger partial charge in [0.05, 0.1) is 10.6 Å². The number of sulfonamides is 1. The van der Waals surface area contributed by atoms with Gasteiger partial charge in [-0.2, -0.15) is 0 Å². The van der Waals surface area contributed by atoms with Crippen molar-refractivity contribution in [3.05, 3.63) is 52.4 Å². The Bertz CT molecular complexity index is 826. The van der Waals surface area contributed by atoms with E-state index in [9.17, 15) is 13.2 Å². The van der Waals surface area contributed by atoms with E-state index in [4.69, 9.17) is 5.73 Å². The molecule has 1 aromatic heterocycles. The molecule has 7 heteroatoms. The van der Waals surface area contributed by atoms with E-state index in [-0.39, 0.29) is 10.5 Å². The van der Waals surface area contributed by atoms with Crippen LogP contribution in [0.2, 0.25) is 0 Å². The first-order valence-electron chi connectivity index (χ1n) is 6.41. The highest BCUT2D eigenvalue weighted by Gasteiger charge is 2.18. The minimum absolute atomic E-state index is 0.152. The van der Waals surface area contributed by atoms with E-state index in [0.717, 1.165) is 0 Å². The highest BCUT2D eigenvalue weighted by Crippen LogP contribution is 2.22. The van der Waals surface area contributed by atoms with Gasteiger partial charge in [0.25, 0.3) is 10.0 Å². The fraction of sp³-hybridized carbons (Fsp3) is 0.214. The lowest BCUT2D eigenvalue weighted by molar-refractivity contribution is 0.600. The summed E-state index contributed by atoms with van der Waals surface area (Å²) in [5.41, 5.74) is 6.85.